The molecule has 25 heteroatoms. The first-order valence-electron chi connectivity index (χ1n) is 26.1. The zero-order valence-electron chi connectivity index (χ0n) is 44.0. The van der Waals surface area contributed by atoms with Crippen molar-refractivity contribution >= 4 is 53.7 Å². The van der Waals surface area contributed by atoms with Gasteiger partial charge in [0.1, 0.15) is 37.5 Å². The minimum atomic E-state index is -2.50. The molecule has 6 atom stereocenters. The van der Waals surface area contributed by atoms with E-state index in [2.05, 4.69) is 31.0 Å². The number of hydrogen-bond donors (Lipinski definition) is 9. The van der Waals surface area contributed by atoms with E-state index < -0.39 is 77.7 Å². The summed E-state index contributed by atoms with van der Waals surface area (Å²) >= 11 is 0. The van der Waals surface area contributed by atoms with Crippen molar-refractivity contribution in [3.63, 3.8) is 0 Å². The first-order chi connectivity index (χ1) is 36.0. The number of carbonyl (C=O) groups excluding carboxylic acids is 6. The van der Waals surface area contributed by atoms with Crippen molar-refractivity contribution in [2.75, 3.05) is 58.9 Å². The maximum absolute atomic E-state index is 13.2. The molecule has 0 spiro atoms. The van der Waals surface area contributed by atoms with Crippen LogP contribution in [0, 0.1) is 6.57 Å². The number of unbranched alkanes of at least 4 members (excludes halogenated alkanes) is 5. The van der Waals surface area contributed by atoms with E-state index in [1.165, 1.54) is 6.92 Å². The topological polar surface area (TPSA) is 336 Å². The van der Waals surface area contributed by atoms with Crippen molar-refractivity contribution < 1.29 is 77.8 Å². The maximum Gasteiger partial charge on any atom is 0.453 e. The molecular formula is C51H78N9O16+. The van der Waals surface area contributed by atoms with Crippen molar-refractivity contribution in [2.45, 2.75) is 165 Å². The first-order valence-corrected chi connectivity index (χ1v) is 26.1. The van der Waals surface area contributed by atoms with Crippen LogP contribution in [0.5, 0.6) is 0 Å². The number of urea groups is 1. The molecule has 0 aromatic heterocycles. The highest BCUT2D eigenvalue weighted by atomic mass is 16.6. The molecule has 3 saturated heterocycles. The second-order valence-corrected chi connectivity index (χ2v) is 20.0. The molecule has 1 aromatic carbocycles. The van der Waals surface area contributed by atoms with Crippen LogP contribution in [0.3, 0.4) is 0 Å². The third kappa shape index (κ3) is 18.7. The lowest BCUT2D eigenvalue weighted by Gasteiger charge is -2.46. The summed E-state index contributed by atoms with van der Waals surface area (Å²) in [4.78, 5) is 120. The Morgan fingerprint density at radius 1 is 0.737 bits per heavy atom. The summed E-state index contributed by atoms with van der Waals surface area (Å²) in [6.45, 7) is 14.0. The van der Waals surface area contributed by atoms with E-state index in [-0.39, 0.29) is 75.7 Å². The number of nitrogens with one attached hydrogen (secondary N) is 5. The number of esters is 3. The van der Waals surface area contributed by atoms with Gasteiger partial charge < -0.3 is 55.5 Å². The highest BCUT2D eigenvalue weighted by Crippen LogP contribution is 2.42. The van der Waals surface area contributed by atoms with Crippen LogP contribution in [-0.4, -0.2) is 183 Å². The number of benzene rings is 1. The molecule has 0 saturated carbocycles. The van der Waals surface area contributed by atoms with Crippen molar-refractivity contribution in [1.82, 2.24) is 41.3 Å². The zero-order chi connectivity index (χ0) is 55.9. The summed E-state index contributed by atoms with van der Waals surface area (Å²) in [6.07, 6.45) is 3.82. The summed E-state index contributed by atoms with van der Waals surface area (Å²) in [5.74, 6) is -6.31. The van der Waals surface area contributed by atoms with Gasteiger partial charge in [-0.1, -0.05) is 43.2 Å². The van der Waals surface area contributed by atoms with E-state index >= 15 is 0 Å². The molecule has 1 aromatic rings. The second kappa shape index (κ2) is 29.7. The lowest BCUT2D eigenvalue weighted by Crippen LogP contribution is -2.65. The molecule has 3 aliphatic heterocycles. The minimum Gasteiger partial charge on any atom is -0.481 e. The highest BCUT2D eigenvalue weighted by Gasteiger charge is 2.64. The van der Waals surface area contributed by atoms with Crippen LogP contribution >= 0.6 is 0 Å². The van der Waals surface area contributed by atoms with Gasteiger partial charge in [0.2, 0.25) is 23.3 Å². The van der Waals surface area contributed by atoms with E-state index in [0.717, 1.165) is 5.56 Å². The Morgan fingerprint density at radius 3 is 1.92 bits per heavy atom. The monoisotopic (exact) mass is 1070 g/mol. The Kier molecular flexibility index (Phi) is 24.3. The number of carboxylic acids is 3. The fraction of sp³-hybridized carbons (Fsp3) is 0.686. The molecule has 0 aliphatic carbocycles. The molecule has 422 valence electrons. The third-order valence-corrected chi connectivity index (χ3v) is 14.2. The van der Waals surface area contributed by atoms with Gasteiger partial charge in [-0.3, -0.25) is 34.6 Å². The van der Waals surface area contributed by atoms with E-state index in [9.17, 15) is 58.5 Å². The Balaban J connectivity index is 1.11. The van der Waals surface area contributed by atoms with E-state index in [4.69, 9.17) is 25.9 Å². The molecule has 4 rings (SSSR count). The highest BCUT2D eigenvalue weighted by molar-refractivity contribution is 5.91. The molecule has 9 N–H and O–H groups in total. The predicted octanol–water partition coefficient (Wildman–Crippen LogP) is 1.92. The number of ether oxygens (including phenoxy) is 3. The Morgan fingerprint density at radius 2 is 1.34 bits per heavy atom. The van der Waals surface area contributed by atoms with E-state index in [0.29, 0.717) is 103 Å². The van der Waals surface area contributed by atoms with Gasteiger partial charge in [0.25, 0.3) is 6.57 Å². The normalized spacial score (nSPS) is 21.2. The summed E-state index contributed by atoms with van der Waals surface area (Å²) in [5, 5.41) is 52.0. The number of fused-ring (bicyclic) bond motifs is 3. The van der Waals surface area contributed by atoms with Gasteiger partial charge in [-0.25, -0.2) is 29.0 Å². The molecule has 3 fully saturated rings. The number of hydrogen-bond acceptors (Lipinski definition) is 17. The first kappa shape index (κ1) is 62.1. The number of aliphatic hydroxyl groups excluding tert-OH is 1. The summed E-state index contributed by atoms with van der Waals surface area (Å²) in [7, 11) is 0. The average molecular weight is 1070 g/mol. The summed E-state index contributed by atoms with van der Waals surface area (Å²) < 4.78 is 17.1. The van der Waals surface area contributed by atoms with E-state index in [1.54, 1.807) is 13.8 Å². The largest absolute Gasteiger partial charge is 0.481 e. The third-order valence-electron chi connectivity index (χ3n) is 14.2. The van der Waals surface area contributed by atoms with Crippen LogP contribution in [0.15, 0.2) is 30.3 Å². The maximum atomic E-state index is 13.2. The van der Waals surface area contributed by atoms with Crippen molar-refractivity contribution in [3.8, 4) is 6.57 Å². The Bertz CT molecular complexity index is 2180. The molecule has 2 unspecified atom stereocenters. The smallest absolute Gasteiger partial charge is 0.453 e. The molecule has 76 heavy (non-hydrogen) atoms. The van der Waals surface area contributed by atoms with Crippen LogP contribution in [0.25, 0.3) is 4.85 Å². The number of nitrogens with zero attached hydrogens (tertiary/aromatic N) is 4. The Hall–Kier alpha value is -6.46. The van der Waals surface area contributed by atoms with Gasteiger partial charge in [0.15, 0.2) is 0 Å². The van der Waals surface area contributed by atoms with Gasteiger partial charge in [-0.15, -0.1) is 0 Å². The van der Waals surface area contributed by atoms with Gasteiger partial charge in [0, 0.05) is 45.6 Å². The molecule has 4 amide bonds. The lowest BCUT2D eigenvalue weighted by molar-refractivity contribution is -0.242. The second-order valence-electron chi connectivity index (χ2n) is 20.0. The molecule has 0 radical (unpaired) electrons. The van der Waals surface area contributed by atoms with Gasteiger partial charge in [-0.05, 0) is 108 Å². The van der Waals surface area contributed by atoms with Crippen LogP contribution in [-0.2, 0) is 59.2 Å². The zero-order valence-corrected chi connectivity index (χ0v) is 44.0. The standard InChI is InChI=1S/C51H77N9O16/c1-48(45(69)70,56-47(73)57-51(52-4,46(71)72)25-23-41(64)65)24-13-15-27-54-38(61)20-10-5-6-11-21-40(63)55-37(44(68)74-35-36-17-8-7-9-18-36)19-12-14-26-53-39(62)22-16-28-58-29-31-59-33-42(66)75-49(59,2)50(3)60(32-30-58)34-43(67)76-50/h4,7-9,17-18,37,39,53,62H,5-6,10-16,19-35H2,1-3H3,(H6-,54,55,56,57,61,63,64,65,69,70,71,72,73)/p+1/t37?,39?,48-,49-,50+,51-/m0/s1. The van der Waals surface area contributed by atoms with Gasteiger partial charge in [-0.2, -0.15) is 0 Å². The van der Waals surface area contributed by atoms with Crippen molar-refractivity contribution in [2.24, 2.45) is 0 Å². The fourth-order valence-electron chi connectivity index (χ4n) is 9.37. The number of rotatable bonds is 33. The number of carbonyl (C=O) groups is 9. The number of carboxylic acid groups (broad SMARTS) is 3. The molecule has 25 nitrogen and oxygen atoms in total. The quantitative estimate of drug-likeness (QED) is 0.0210. The van der Waals surface area contributed by atoms with Crippen LogP contribution in [0.1, 0.15) is 129 Å². The SMILES string of the molecule is C#[N+][C@@](CCC(=O)O)(NC(=O)N[C@@](C)(CCCCNC(=O)CCCCCCC(=O)NC(CCCCNC(O)CCCN1CCN2CC(=O)O[C@]2(C)[C@]2(C)OC(=O)CN2CC1)C(=O)OCc1ccccc1)C(=O)O)C(=O)O. The number of amides is 4. The molecule has 3 heterocycles. The van der Waals surface area contributed by atoms with Gasteiger partial charge in [0.05, 0.1) is 12.8 Å². The van der Waals surface area contributed by atoms with Crippen LogP contribution < -0.4 is 26.6 Å². The van der Waals surface area contributed by atoms with E-state index in [1.807, 2.05) is 45.4 Å². The van der Waals surface area contributed by atoms with Crippen molar-refractivity contribution in [3.05, 3.63) is 40.7 Å². The fourth-order valence-corrected chi connectivity index (χ4v) is 9.37. The molecular weight excluding hydrogens is 995 g/mol. The predicted molar refractivity (Wildman–Crippen MR) is 272 cm³/mol. The Labute approximate surface area is 442 Å². The number of aliphatic hydroxyl groups is 1. The summed E-state index contributed by atoms with van der Waals surface area (Å²) in [6, 6.07) is 7.09. The van der Waals surface area contributed by atoms with Crippen LogP contribution in [0.4, 0.5) is 4.79 Å². The summed E-state index contributed by atoms with van der Waals surface area (Å²) in [5.41, 5.74) is -5.78. The molecule has 3 aliphatic rings. The van der Waals surface area contributed by atoms with Gasteiger partial charge >= 0.3 is 47.5 Å². The van der Waals surface area contributed by atoms with Crippen molar-refractivity contribution in [1.29, 1.82) is 0 Å². The minimum absolute atomic E-state index is 0.0509. The lowest BCUT2D eigenvalue weighted by atomic mass is 9.95. The number of aliphatic carboxylic acids is 3. The molecule has 0 bridgehead atoms. The average Bonchev–Trinajstić information content (AvgIpc) is 3.86. The van der Waals surface area contributed by atoms with Crippen LogP contribution in [0.2, 0.25) is 0 Å².